The van der Waals surface area contributed by atoms with E-state index in [4.69, 9.17) is 4.74 Å². The minimum absolute atomic E-state index is 0.101. The molecule has 0 amide bonds. The summed E-state index contributed by atoms with van der Waals surface area (Å²) in [4.78, 5) is 0. The highest BCUT2D eigenvalue weighted by Crippen LogP contribution is 2.29. The molecule has 0 saturated carbocycles. The van der Waals surface area contributed by atoms with Gasteiger partial charge in [0.2, 0.25) is 0 Å². The quantitative estimate of drug-likeness (QED) is 0.671. The molecule has 1 aliphatic heterocycles. The molecule has 11 heavy (non-hydrogen) atoms. The summed E-state index contributed by atoms with van der Waals surface area (Å²) >= 11 is 0. The zero-order chi connectivity index (χ0) is 8.32. The molecular formula is C9H19NO. The molecule has 1 heterocycles. The van der Waals surface area contributed by atoms with E-state index in [1.807, 2.05) is 7.05 Å². The van der Waals surface area contributed by atoms with Gasteiger partial charge >= 0.3 is 0 Å². The van der Waals surface area contributed by atoms with E-state index in [0.717, 1.165) is 13.0 Å². The average Bonchev–Trinajstić information content (AvgIpc) is 2.39. The van der Waals surface area contributed by atoms with Gasteiger partial charge in [0.1, 0.15) is 0 Å². The summed E-state index contributed by atoms with van der Waals surface area (Å²) < 4.78 is 5.72. The Labute approximate surface area is 69.3 Å². The Morgan fingerprint density at radius 1 is 1.64 bits per heavy atom. The summed E-state index contributed by atoms with van der Waals surface area (Å²) in [5.41, 5.74) is 0.101. The molecule has 1 saturated heterocycles. The highest BCUT2D eigenvalue weighted by atomic mass is 16.5. The van der Waals surface area contributed by atoms with Gasteiger partial charge in [-0.05, 0) is 33.2 Å². The largest absolute Gasteiger partial charge is 0.374 e. The van der Waals surface area contributed by atoms with E-state index in [-0.39, 0.29) is 5.60 Å². The standard InChI is InChI=1S/C9H19NO/c1-4-8(10-3)9(2)6-5-7-11-9/h8,10H,4-7H2,1-3H3. The van der Waals surface area contributed by atoms with Gasteiger partial charge in [-0.3, -0.25) is 0 Å². The smallest absolute Gasteiger partial charge is 0.0807 e. The van der Waals surface area contributed by atoms with Gasteiger partial charge in [-0.2, -0.15) is 0 Å². The third kappa shape index (κ3) is 1.74. The molecule has 0 bridgehead atoms. The second-order valence-electron chi connectivity index (χ2n) is 3.51. The highest BCUT2D eigenvalue weighted by molar-refractivity contribution is 4.90. The van der Waals surface area contributed by atoms with Gasteiger partial charge in [-0.15, -0.1) is 0 Å². The first-order valence-electron chi connectivity index (χ1n) is 4.54. The van der Waals surface area contributed by atoms with Gasteiger partial charge in [0.25, 0.3) is 0 Å². The Morgan fingerprint density at radius 2 is 2.36 bits per heavy atom. The Morgan fingerprint density at radius 3 is 2.73 bits per heavy atom. The van der Waals surface area contributed by atoms with Crippen LogP contribution < -0.4 is 5.32 Å². The first-order chi connectivity index (χ1) is 5.23. The van der Waals surface area contributed by atoms with Crippen molar-refractivity contribution in [2.24, 2.45) is 0 Å². The zero-order valence-electron chi connectivity index (χ0n) is 7.81. The molecule has 2 atom stereocenters. The monoisotopic (exact) mass is 157 g/mol. The molecule has 66 valence electrons. The molecule has 0 radical (unpaired) electrons. The number of hydrogen-bond acceptors (Lipinski definition) is 2. The first kappa shape index (κ1) is 9.01. The summed E-state index contributed by atoms with van der Waals surface area (Å²) in [6.07, 6.45) is 3.56. The van der Waals surface area contributed by atoms with Gasteiger partial charge in [-0.1, -0.05) is 6.92 Å². The van der Waals surface area contributed by atoms with Crippen LogP contribution in [0.3, 0.4) is 0 Å². The van der Waals surface area contributed by atoms with Crippen LogP contribution in [0.25, 0.3) is 0 Å². The number of likely N-dealkylation sites (N-methyl/N-ethyl adjacent to an activating group) is 1. The molecule has 1 N–H and O–H groups in total. The van der Waals surface area contributed by atoms with Gasteiger partial charge in [-0.25, -0.2) is 0 Å². The lowest BCUT2D eigenvalue weighted by atomic mass is 9.91. The number of hydrogen-bond donors (Lipinski definition) is 1. The van der Waals surface area contributed by atoms with Crippen LogP contribution >= 0.6 is 0 Å². The van der Waals surface area contributed by atoms with Gasteiger partial charge in [0.05, 0.1) is 5.60 Å². The van der Waals surface area contributed by atoms with Crippen molar-refractivity contribution in [2.45, 2.75) is 44.8 Å². The third-order valence-electron chi connectivity index (χ3n) is 2.74. The van der Waals surface area contributed by atoms with Crippen molar-refractivity contribution in [3.05, 3.63) is 0 Å². The number of rotatable bonds is 3. The van der Waals surface area contributed by atoms with Crippen LogP contribution in [0.5, 0.6) is 0 Å². The lowest BCUT2D eigenvalue weighted by Crippen LogP contribution is -2.46. The summed E-state index contributed by atoms with van der Waals surface area (Å²) in [6, 6.07) is 0.519. The fourth-order valence-electron chi connectivity index (χ4n) is 2.02. The van der Waals surface area contributed by atoms with Crippen molar-refractivity contribution in [1.29, 1.82) is 0 Å². The maximum Gasteiger partial charge on any atom is 0.0807 e. The van der Waals surface area contributed by atoms with Gasteiger partial charge in [0, 0.05) is 12.6 Å². The zero-order valence-corrected chi connectivity index (χ0v) is 7.81. The maximum absolute atomic E-state index is 5.72. The van der Waals surface area contributed by atoms with Crippen molar-refractivity contribution in [3.8, 4) is 0 Å². The van der Waals surface area contributed by atoms with E-state index in [1.54, 1.807) is 0 Å². The lowest BCUT2D eigenvalue weighted by Gasteiger charge is -2.32. The molecule has 0 aromatic heterocycles. The van der Waals surface area contributed by atoms with Crippen molar-refractivity contribution in [3.63, 3.8) is 0 Å². The fourth-order valence-corrected chi connectivity index (χ4v) is 2.02. The minimum atomic E-state index is 0.101. The van der Waals surface area contributed by atoms with Crippen LogP contribution in [0.1, 0.15) is 33.1 Å². The Hall–Kier alpha value is -0.0800. The van der Waals surface area contributed by atoms with E-state index in [1.165, 1.54) is 12.8 Å². The molecule has 1 fully saturated rings. The van der Waals surface area contributed by atoms with Crippen molar-refractivity contribution in [2.75, 3.05) is 13.7 Å². The van der Waals surface area contributed by atoms with E-state index in [9.17, 15) is 0 Å². The normalized spacial score (nSPS) is 34.1. The topological polar surface area (TPSA) is 21.3 Å². The van der Waals surface area contributed by atoms with Crippen LogP contribution in [0.2, 0.25) is 0 Å². The first-order valence-corrected chi connectivity index (χ1v) is 4.54. The van der Waals surface area contributed by atoms with Crippen LogP contribution in [0.4, 0.5) is 0 Å². The third-order valence-corrected chi connectivity index (χ3v) is 2.74. The Balaban J connectivity index is 2.53. The van der Waals surface area contributed by atoms with Crippen molar-refractivity contribution < 1.29 is 4.74 Å². The van der Waals surface area contributed by atoms with Crippen LogP contribution in [-0.2, 0) is 4.74 Å². The van der Waals surface area contributed by atoms with E-state index >= 15 is 0 Å². The SMILES string of the molecule is CCC(NC)C1(C)CCCO1. The van der Waals surface area contributed by atoms with E-state index in [0.29, 0.717) is 6.04 Å². The minimum Gasteiger partial charge on any atom is -0.374 e. The predicted octanol–water partition coefficient (Wildman–Crippen LogP) is 1.55. The predicted molar refractivity (Wildman–Crippen MR) is 46.7 cm³/mol. The van der Waals surface area contributed by atoms with Crippen LogP contribution in [0.15, 0.2) is 0 Å². The summed E-state index contributed by atoms with van der Waals surface area (Å²) in [6.45, 7) is 5.35. The molecule has 0 aromatic carbocycles. The molecule has 0 aromatic rings. The molecular weight excluding hydrogens is 138 g/mol. The molecule has 2 heteroatoms. The Bertz CT molecular complexity index is 115. The Kier molecular flexibility index (Phi) is 2.90. The number of ether oxygens (including phenoxy) is 1. The molecule has 2 unspecified atom stereocenters. The lowest BCUT2D eigenvalue weighted by molar-refractivity contribution is -0.0105. The van der Waals surface area contributed by atoms with Crippen LogP contribution in [-0.4, -0.2) is 25.3 Å². The van der Waals surface area contributed by atoms with E-state index < -0.39 is 0 Å². The van der Waals surface area contributed by atoms with Crippen LogP contribution in [0, 0.1) is 0 Å². The fraction of sp³-hybridized carbons (Fsp3) is 1.00. The average molecular weight is 157 g/mol. The summed E-state index contributed by atoms with van der Waals surface area (Å²) in [5, 5.41) is 3.31. The number of nitrogens with one attached hydrogen (secondary N) is 1. The van der Waals surface area contributed by atoms with Gasteiger partial charge < -0.3 is 10.1 Å². The van der Waals surface area contributed by atoms with Crippen molar-refractivity contribution in [1.82, 2.24) is 5.32 Å². The van der Waals surface area contributed by atoms with Crippen molar-refractivity contribution >= 4 is 0 Å². The molecule has 2 nitrogen and oxygen atoms in total. The maximum atomic E-state index is 5.72. The molecule has 1 rings (SSSR count). The second kappa shape index (κ2) is 3.55. The second-order valence-corrected chi connectivity index (χ2v) is 3.51. The van der Waals surface area contributed by atoms with Gasteiger partial charge in [0.15, 0.2) is 0 Å². The molecule has 1 aliphatic rings. The highest BCUT2D eigenvalue weighted by Gasteiger charge is 2.36. The molecule has 0 spiro atoms. The summed E-state index contributed by atoms with van der Waals surface area (Å²) in [7, 11) is 2.01. The van der Waals surface area contributed by atoms with E-state index in [2.05, 4.69) is 19.2 Å². The molecule has 0 aliphatic carbocycles. The summed E-state index contributed by atoms with van der Waals surface area (Å²) in [5.74, 6) is 0.